The van der Waals surface area contributed by atoms with Gasteiger partial charge in [0.05, 0.1) is 11.5 Å². The molecule has 0 aliphatic carbocycles. The Labute approximate surface area is 252 Å². The van der Waals surface area contributed by atoms with E-state index < -0.39 is 11.9 Å². The molecular formula is C30H42CaO6. The molecule has 2 N–H and O–H groups in total. The molecule has 2 aromatic carbocycles. The molecule has 6 nitrogen and oxygen atoms in total. The van der Waals surface area contributed by atoms with Crippen molar-refractivity contribution in [1.29, 1.82) is 0 Å². The summed E-state index contributed by atoms with van der Waals surface area (Å²) in [5.41, 5.74) is 1.67. The number of hydrogen-bond donors (Lipinski definition) is 2. The Kier molecular flexibility index (Phi) is 20.2. The monoisotopic (exact) mass is 538 g/mol. The number of phenolic OH excluding ortho intramolecular Hbond substituents is 1. The molecular weight excluding hydrogens is 496 g/mol. The van der Waals surface area contributed by atoms with Gasteiger partial charge in [-0.1, -0.05) is 102 Å². The van der Waals surface area contributed by atoms with E-state index in [2.05, 4.69) is 13.8 Å². The number of benzene rings is 2. The molecule has 2 rings (SSSR count). The number of aromatic hydroxyl groups is 1. The number of carbonyl (C=O) groups is 2. The summed E-state index contributed by atoms with van der Waals surface area (Å²) in [5.74, 6) is -2.04. The number of carbonyl (C=O) groups excluding carboxylic acids is 1. The maximum Gasteiger partial charge on any atom is 2.00 e. The van der Waals surface area contributed by atoms with E-state index in [1.165, 1.54) is 81.7 Å². The smallest absolute Gasteiger partial charge is 0.872 e. The summed E-state index contributed by atoms with van der Waals surface area (Å²) >= 11 is 0. The summed E-state index contributed by atoms with van der Waals surface area (Å²) in [6, 6.07) is 8.55. The van der Waals surface area contributed by atoms with E-state index >= 15 is 0 Å². The van der Waals surface area contributed by atoms with Gasteiger partial charge in [-0.3, -0.25) is 0 Å². The van der Waals surface area contributed by atoms with Crippen molar-refractivity contribution in [2.45, 2.75) is 104 Å². The molecule has 0 fully saturated rings. The van der Waals surface area contributed by atoms with Crippen molar-refractivity contribution < 1.29 is 30.0 Å². The van der Waals surface area contributed by atoms with Gasteiger partial charge >= 0.3 is 43.7 Å². The predicted octanol–water partition coefficient (Wildman–Crippen LogP) is 5.64. The quantitative estimate of drug-likeness (QED) is 0.211. The third kappa shape index (κ3) is 15.3. The maximum atomic E-state index is 11.5. The average molecular weight is 539 g/mol. The van der Waals surface area contributed by atoms with Gasteiger partial charge in [0, 0.05) is 0 Å². The fourth-order valence-electron chi connectivity index (χ4n) is 4.01. The molecule has 0 amide bonds. The molecule has 37 heavy (non-hydrogen) atoms. The molecule has 2 aromatic rings. The molecule has 0 aliphatic heterocycles. The van der Waals surface area contributed by atoms with Crippen LogP contribution in [0.15, 0.2) is 36.4 Å². The Hall–Kier alpha value is -1.76. The minimum absolute atomic E-state index is 0. The van der Waals surface area contributed by atoms with Crippen LogP contribution in [0.25, 0.3) is 0 Å². The van der Waals surface area contributed by atoms with Crippen LogP contribution in [-0.2, 0) is 12.8 Å². The van der Waals surface area contributed by atoms with Crippen molar-refractivity contribution in [2.75, 3.05) is 0 Å². The Bertz CT molecular complexity index is 853. The fourth-order valence-corrected chi connectivity index (χ4v) is 4.01. The molecule has 0 aromatic heterocycles. The van der Waals surface area contributed by atoms with Gasteiger partial charge in [0.1, 0.15) is 5.75 Å². The predicted molar refractivity (Wildman–Crippen MR) is 145 cm³/mol. The van der Waals surface area contributed by atoms with E-state index in [0.717, 1.165) is 37.7 Å². The summed E-state index contributed by atoms with van der Waals surface area (Å²) in [6.07, 6.45) is 15.5. The van der Waals surface area contributed by atoms with Crippen LogP contribution in [-0.4, -0.2) is 59.9 Å². The van der Waals surface area contributed by atoms with Crippen molar-refractivity contribution in [1.82, 2.24) is 0 Å². The summed E-state index contributed by atoms with van der Waals surface area (Å²) in [4.78, 5) is 21.5. The summed E-state index contributed by atoms with van der Waals surface area (Å²) < 4.78 is 0. The van der Waals surface area contributed by atoms with E-state index in [9.17, 15) is 24.9 Å². The minimum atomic E-state index is -1.22. The largest absolute Gasteiger partial charge is 2.00 e. The zero-order chi connectivity index (χ0) is 26.8. The van der Waals surface area contributed by atoms with Crippen LogP contribution in [0, 0.1) is 0 Å². The number of carboxylic acid groups (broad SMARTS) is 2. The van der Waals surface area contributed by atoms with Gasteiger partial charge in [-0.05, 0) is 55.0 Å². The molecule has 0 unspecified atom stereocenters. The molecule has 0 radical (unpaired) electrons. The van der Waals surface area contributed by atoms with Gasteiger partial charge in [-0.15, -0.1) is 5.75 Å². The van der Waals surface area contributed by atoms with Gasteiger partial charge in [0.25, 0.3) is 0 Å². The normalized spacial score (nSPS) is 10.2. The SMILES string of the molecule is CCCCCCCCc1cc(C(=O)O)ccc1O.CCCCCCCCc1cc(C(=O)[O-])ccc1[O-].[Ca+2]. The molecule has 0 heterocycles. The third-order valence-electron chi connectivity index (χ3n) is 6.22. The minimum Gasteiger partial charge on any atom is -0.872 e. The second kappa shape index (κ2) is 21.2. The average Bonchev–Trinajstić information content (AvgIpc) is 2.85. The Morgan fingerprint density at radius 3 is 1.68 bits per heavy atom. The second-order valence-corrected chi connectivity index (χ2v) is 9.29. The number of aromatic carboxylic acids is 2. The first-order valence-corrected chi connectivity index (χ1v) is 13.4. The second-order valence-electron chi connectivity index (χ2n) is 9.29. The maximum absolute atomic E-state index is 11.5. The molecule has 0 aliphatic rings. The fraction of sp³-hybridized carbons (Fsp3) is 0.533. The van der Waals surface area contributed by atoms with E-state index in [0.29, 0.717) is 12.0 Å². The number of phenols is 1. The molecule has 0 saturated heterocycles. The first kappa shape index (κ1) is 35.2. The summed E-state index contributed by atoms with van der Waals surface area (Å²) in [7, 11) is 0. The Morgan fingerprint density at radius 1 is 0.703 bits per heavy atom. The van der Waals surface area contributed by atoms with Gasteiger partial charge in [-0.2, -0.15) is 0 Å². The topological polar surface area (TPSA) is 121 Å². The Morgan fingerprint density at radius 2 is 1.16 bits per heavy atom. The van der Waals surface area contributed by atoms with Gasteiger partial charge in [-0.25, -0.2) is 4.79 Å². The van der Waals surface area contributed by atoms with Gasteiger partial charge < -0.3 is 25.2 Å². The Balaban J connectivity index is 0.000000682. The summed E-state index contributed by atoms with van der Waals surface area (Å²) in [5, 5.41) is 40.8. The first-order chi connectivity index (χ1) is 17.3. The van der Waals surface area contributed by atoms with Crippen molar-refractivity contribution in [2.24, 2.45) is 0 Å². The van der Waals surface area contributed by atoms with Crippen LogP contribution in [0.2, 0.25) is 0 Å². The third-order valence-corrected chi connectivity index (χ3v) is 6.22. The molecule has 200 valence electrons. The number of hydrogen-bond acceptors (Lipinski definition) is 5. The van der Waals surface area contributed by atoms with Crippen LogP contribution in [0.1, 0.15) is 123 Å². The standard InChI is InChI=1S/2C15H22O3.Ca/c2*1-2-3-4-5-6-7-8-12-11-13(15(17)18)9-10-14(12)16;/h2*9-11,16H,2-8H2,1H3,(H,17,18);/q;;+2/p-2. The van der Waals surface area contributed by atoms with Crippen LogP contribution < -0.4 is 10.2 Å². The molecule has 7 heteroatoms. The zero-order valence-electron chi connectivity index (χ0n) is 22.6. The van der Waals surface area contributed by atoms with E-state index in [4.69, 9.17) is 5.11 Å². The van der Waals surface area contributed by atoms with Crippen molar-refractivity contribution >= 4 is 49.7 Å². The van der Waals surface area contributed by atoms with Crippen molar-refractivity contribution in [3.8, 4) is 11.5 Å². The van der Waals surface area contributed by atoms with Crippen LogP contribution in [0.3, 0.4) is 0 Å². The zero-order valence-corrected chi connectivity index (χ0v) is 24.8. The van der Waals surface area contributed by atoms with E-state index in [1.807, 2.05) is 0 Å². The van der Waals surface area contributed by atoms with E-state index in [1.54, 1.807) is 6.07 Å². The van der Waals surface area contributed by atoms with Crippen LogP contribution in [0.5, 0.6) is 11.5 Å². The van der Waals surface area contributed by atoms with E-state index in [-0.39, 0.29) is 60.4 Å². The number of rotatable bonds is 16. The van der Waals surface area contributed by atoms with Crippen molar-refractivity contribution in [3.63, 3.8) is 0 Å². The van der Waals surface area contributed by atoms with Crippen molar-refractivity contribution in [3.05, 3.63) is 58.7 Å². The molecule has 0 spiro atoms. The summed E-state index contributed by atoms with van der Waals surface area (Å²) in [6.45, 7) is 4.37. The molecule has 0 atom stereocenters. The van der Waals surface area contributed by atoms with Gasteiger partial charge in [0.2, 0.25) is 0 Å². The van der Waals surface area contributed by atoms with Gasteiger partial charge in [0.15, 0.2) is 0 Å². The first-order valence-electron chi connectivity index (χ1n) is 13.4. The molecule has 0 saturated carbocycles. The number of carboxylic acids is 2. The number of unbranched alkanes of at least 4 members (excludes halogenated alkanes) is 10. The van der Waals surface area contributed by atoms with Crippen LogP contribution in [0.4, 0.5) is 0 Å². The molecule has 0 bridgehead atoms. The number of aryl methyl sites for hydroxylation is 2. The van der Waals surface area contributed by atoms with Crippen LogP contribution >= 0.6 is 0 Å².